The van der Waals surface area contributed by atoms with Gasteiger partial charge in [-0.3, -0.25) is 5.41 Å². The number of nitrogens with two attached hydrogens (primary N) is 1. The zero-order valence-corrected chi connectivity index (χ0v) is 11.7. The molecule has 0 spiro atoms. The molecule has 1 saturated heterocycles. The van der Waals surface area contributed by atoms with E-state index in [0.717, 1.165) is 30.6 Å². The number of benzene rings is 1. The van der Waals surface area contributed by atoms with Crippen molar-refractivity contribution in [1.29, 1.82) is 5.41 Å². The Morgan fingerprint density at radius 2 is 2.22 bits per heavy atom. The first-order valence-corrected chi connectivity index (χ1v) is 6.75. The van der Waals surface area contributed by atoms with Gasteiger partial charge in [-0.05, 0) is 36.5 Å². The normalized spacial score (nSPS) is 19.6. The number of amidine groups is 1. The summed E-state index contributed by atoms with van der Waals surface area (Å²) in [6.07, 6.45) is 1.24. The summed E-state index contributed by atoms with van der Waals surface area (Å²) in [6.45, 7) is 6.73. The van der Waals surface area contributed by atoms with Gasteiger partial charge in [0.25, 0.3) is 0 Å². The first kappa shape index (κ1) is 13.2. The molecule has 0 amide bonds. The van der Waals surface area contributed by atoms with Gasteiger partial charge in [-0.15, -0.1) is 0 Å². The van der Waals surface area contributed by atoms with E-state index in [9.17, 15) is 0 Å². The molecule has 1 fully saturated rings. The molecule has 0 aromatic heterocycles. The minimum Gasteiger partial charge on any atom is -0.384 e. The van der Waals surface area contributed by atoms with Gasteiger partial charge in [-0.2, -0.15) is 0 Å². The van der Waals surface area contributed by atoms with Crippen molar-refractivity contribution in [2.24, 2.45) is 17.6 Å². The lowest BCUT2D eigenvalue weighted by atomic mass is 9.95. The molecule has 0 aliphatic carbocycles. The summed E-state index contributed by atoms with van der Waals surface area (Å²) in [5.74, 6) is 1.51. The number of anilines is 1. The Kier molecular flexibility index (Phi) is 3.81. The zero-order valence-electron chi connectivity index (χ0n) is 10.9. The second-order valence-corrected chi connectivity index (χ2v) is 5.72. The third-order valence-electron chi connectivity index (χ3n) is 3.78. The fourth-order valence-corrected chi connectivity index (χ4v) is 2.76. The summed E-state index contributed by atoms with van der Waals surface area (Å²) < 4.78 is 0. The monoisotopic (exact) mass is 265 g/mol. The molecule has 18 heavy (non-hydrogen) atoms. The maximum atomic E-state index is 7.42. The van der Waals surface area contributed by atoms with Gasteiger partial charge in [0.05, 0.1) is 5.02 Å². The number of nitrogens with one attached hydrogen (secondary N) is 1. The third kappa shape index (κ3) is 2.61. The van der Waals surface area contributed by atoms with E-state index in [1.54, 1.807) is 0 Å². The van der Waals surface area contributed by atoms with Crippen LogP contribution in [-0.4, -0.2) is 18.9 Å². The number of hydrogen-bond acceptors (Lipinski definition) is 2. The molecule has 1 aromatic rings. The standard InChI is InChI=1S/C14H20ClN3/c1-9(2)10-5-6-18(8-10)11-3-4-12(14(16)17)13(15)7-11/h3-4,7,9-10H,5-6,8H2,1-2H3,(H3,16,17). The minimum atomic E-state index is 0.0213. The van der Waals surface area contributed by atoms with Gasteiger partial charge in [-0.25, -0.2) is 0 Å². The quantitative estimate of drug-likeness (QED) is 0.652. The van der Waals surface area contributed by atoms with Crippen LogP contribution in [-0.2, 0) is 0 Å². The Labute approximate surface area is 113 Å². The maximum Gasteiger partial charge on any atom is 0.124 e. The summed E-state index contributed by atoms with van der Waals surface area (Å²) >= 11 is 6.15. The second-order valence-electron chi connectivity index (χ2n) is 5.32. The number of nitrogens with zero attached hydrogens (tertiary/aromatic N) is 1. The van der Waals surface area contributed by atoms with Crippen LogP contribution in [0.5, 0.6) is 0 Å². The van der Waals surface area contributed by atoms with Crippen molar-refractivity contribution in [2.45, 2.75) is 20.3 Å². The van der Waals surface area contributed by atoms with Gasteiger partial charge in [0, 0.05) is 24.3 Å². The van der Waals surface area contributed by atoms with Crippen LogP contribution in [0.2, 0.25) is 5.02 Å². The summed E-state index contributed by atoms with van der Waals surface area (Å²) in [5, 5.41) is 7.99. The predicted molar refractivity (Wildman–Crippen MR) is 77.6 cm³/mol. The van der Waals surface area contributed by atoms with Gasteiger partial charge in [0.15, 0.2) is 0 Å². The lowest BCUT2D eigenvalue weighted by Crippen LogP contribution is -2.21. The molecular weight excluding hydrogens is 246 g/mol. The number of halogens is 1. The van der Waals surface area contributed by atoms with Crippen LogP contribution in [0.15, 0.2) is 18.2 Å². The van der Waals surface area contributed by atoms with Crippen LogP contribution in [0.1, 0.15) is 25.8 Å². The summed E-state index contributed by atoms with van der Waals surface area (Å²) in [6, 6.07) is 5.76. The van der Waals surface area contributed by atoms with E-state index >= 15 is 0 Å². The van der Waals surface area contributed by atoms with E-state index in [4.69, 9.17) is 22.7 Å². The predicted octanol–water partition coefficient (Wildman–Crippen LogP) is 3.11. The van der Waals surface area contributed by atoms with Gasteiger partial charge >= 0.3 is 0 Å². The Morgan fingerprint density at radius 3 is 2.72 bits per heavy atom. The van der Waals surface area contributed by atoms with Gasteiger partial charge in [0.1, 0.15) is 5.84 Å². The lowest BCUT2D eigenvalue weighted by Gasteiger charge is -2.20. The third-order valence-corrected chi connectivity index (χ3v) is 4.09. The average molecular weight is 266 g/mol. The summed E-state index contributed by atoms with van der Waals surface area (Å²) in [4.78, 5) is 2.36. The number of nitrogen functional groups attached to an aromatic ring is 1. The van der Waals surface area contributed by atoms with Crippen molar-refractivity contribution in [3.63, 3.8) is 0 Å². The summed E-state index contributed by atoms with van der Waals surface area (Å²) in [7, 11) is 0. The molecule has 0 saturated carbocycles. The molecular formula is C14H20ClN3. The van der Waals surface area contributed by atoms with Crippen molar-refractivity contribution >= 4 is 23.1 Å². The van der Waals surface area contributed by atoms with E-state index < -0.39 is 0 Å². The Balaban J connectivity index is 2.16. The van der Waals surface area contributed by atoms with E-state index in [0.29, 0.717) is 10.6 Å². The lowest BCUT2D eigenvalue weighted by molar-refractivity contribution is 0.423. The molecule has 1 unspecified atom stereocenters. The van der Waals surface area contributed by atoms with Crippen LogP contribution < -0.4 is 10.6 Å². The van der Waals surface area contributed by atoms with Crippen molar-refractivity contribution in [3.05, 3.63) is 28.8 Å². The fraction of sp³-hybridized carbons (Fsp3) is 0.500. The van der Waals surface area contributed by atoms with E-state index in [1.165, 1.54) is 6.42 Å². The molecule has 3 nitrogen and oxygen atoms in total. The Bertz CT molecular complexity index is 456. The highest BCUT2D eigenvalue weighted by Crippen LogP contribution is 2.30. The highest BCUT2D eigenvalue weighted by Gasteiger charge is 2.25. The Hall–Kier alpha value is -1.22. The minimum absolute atomic E-state index is 0.0213. The van der Waals surface area contributed by atoms with Crippen molar-refractivity contribution in [3.8, 4) is 0 Å². The molecule has 98 valence electrons. The topological polar surface area (TPSA) is 53.1 Å². The largest absolute Gasteiger partial charge is 0.384 e. The molecule has 1 atom stereocenters. The molecule has 1 aliphatic heterocycles. The number of rotatable bonds is 3. The van der Waals surface area contributed by atoms with Gasteiger partial charge in [0.2, 0.25) is 0 Å². The van der Waals surface area contributed by atoms with E-state index in [-0.39, 0.29) is 5.84 Å². The Morgan fingerprint density at radius 1 is 1.50 bits per heavy atom. The highest BCUT2D eigenvalue weighted by atomic mass is 35.5. The smallest absolute Gasteiger partial charge is 0.124 e. The maximum absolute atomic E-state index is 7.42. The SMILES string of the molecule is CC(C)C1CCN(c2ccc(C(=N)N)c(Cl)c2)C1. The van der Waals surface area contributed by atoms with Crippen molar-refractivity contribution in [2.75, 3.05) is 18.0 Å². The van der Waals surface area contributed by atoms with Crippen LogP contribution >= 0.6 is 11.6 Å². The van der Waals surface area contributed by atoms with Crippen molar-refractivity contribution < 1.29 is 0 Å². The van der Waals surface area contributed by atoms with Crippen LogP contribution in [0.3, 0.4) is 0 Å². The van der Waals surface area contributed by atoms with Crippen LogP contribution in [0.4, 0.5) is 5.69 Å². The molecule has 3 N–H and O–H groups in total. The molecule has 4 heteroatoms. The van der Waals surface area contributed by atoms with Crippen LogP contribution in [0.25, 0.3) is 0 Å². The van der Waals surface area contributed by atoms with Gasteiger partial charge in [-0.1, -0.05) is 25.4 Å². The first-order chi connectivity index (χ1) is 8.49. The van der Waals surface area contributed by atoms with E-state index in [1.807, 2.05) is 18.2 Å². The van der Waals surface area contributed by atoms with Crippen molar-refractivity contribution in [1.82, 2.24) is 0 Å². The van der Waals surface area contributed by atoms with E-state index in [2.05, 4.69) is 18.7 Å². The molecule has 2 rings (SSSR count). The molecule has 0 bridgehead atoms. The zero-order chi connectivity index (χ0) is 13.3. The number of hydrogen-bond donors (Lipinski definition) is 2. The second kappa shape index (κ2) is 5.19. The first-order valence-electron chi connectivity index (χ1n) is 6.38. The molecule has 0 radical (unpaired) electrons. The fourth-order valence-electron chi connectivity index (χ4n) is 2.49. The molecule has 1 heterocycles. The molecule has 1 aliphatic rings. The van der Waals surface area contributed by atoms with Crippen LogP contribution in [0, 0.1) is 17.2 Å². The molecule has 1 aromatic carbocycles. The highest BCUT2D eigenvalue weighted by molar-refractivity contribution is 6.34. The van der Waals surface area contributed by atoms with Gasteiger partial charge < -0.3 is 10.6 Å². The average Bonchev–Trinajstić information content (AvgIpc) is 2.77. The summed E-state index contributed by atoms with van der Waals surface area (Å²) in [5.41, 5.74) is 7.21.